The zero-order valence-electron chi connectivity index (χ0n) is 20.3. The minimum Gasteiger partial charge on any atom is -0.495 e. The molecule has 10 nitrogen and oxygen atoms in total. The number of amides is 2. The molecular formula is C25H30N4O6S. The number of fused-ring (bicyclic) bond motifs is 1. The molecular weight excluding hydrogens is 484 g/mol. The number of benzene rings is 2. The van der Waals surface area contributed by atoms with Gasteiger partial charge in [-0.3, -0.25) is 14.5 Å². The molecule has 2 fully saturated rings. The number of anilines is 2. The molecule has 0 atom stereocenters. The average molecular weight is 515 g/mol. The van der Waals surface area contributed by atoms with Crippen LogP contribution in [0.3, 0.4) is 0 Å². The second-order valence-corrected chi connectivity index (χ2v) is 11.0. The SMILES string of the molecule is COc1ccccc1N1CCN(C(=O)CN2C(=O)COc3ccc(S(=O)(=O)N4CCCC4)cc32)CC1. The van der Waals surface area contributed by atoms with Crippen molar-refractivity contribution < 1.29 is 27.5 Å². The van der Waals surface area contributed by atoms with Gasteiger partial charge in [0.2, 0.25) is 15.9 Å². The van der Waals surface area contributed by atoms with E-state index in [4.69, 9.17) is 9.47 Å². The third-order valence-electron chi connectivity index (χ3n) is 6.93. The van der Waals surface area contributed by atoms with E-state index in [1.807, 2.05) is 24.3 Å². The van der Waals surface area contributed by atoms with E-state index in [0.29, 0.717) is 50.7 Å². The second kappa shape index (κ2) is 9.98. The number of carbonyl (C=O) groups is 2. The molecule has 3 heterocycles. The van der Waals surface area contributed by atoms with E-state index in [-0.39, 0.29) is 29.9 Å². The highest BCUT2D eigenvalue weighted by molar-refractivity contribution is 7.89. The highest BCUT2D eigenvalue weighted by Crippen LogP contribution is 2.35. The van der Waals surface area contributed by atoms with E-state index in [1.165, 1.54) is 21.3 Å². The fraction of sp³-hybridized carbons (Fsp3) is 0.440. The predicted octanol–water partition coefficient (Wildman–Crippen LogP) is 1.55. The number of para-hydroxylation sites is 2. The topological polar surface area (TPSA) is 99.7 Å². The number of rotatable bonds is 6. The van der Waals surface area contributed by atoms with E-state index in [1.54, 1.807) is 18.1 Å². The highest BCUT2D eigenvalue weighted by atomic mass is 32.2. The van der Waals surface area contributed by atoms with E-state index >= 15 is 0 Å². The van der Waals surface area contributed by atoms with Crippen LogP contribution in [0.1, 0.15) is 12.8 Å². The van der Waals surface area contributed by atoms with Crippen LogP contribution < -0.4 is 19.3 Å². The Hall–Kier alpha value is -3.31. The minimum absolute atomic E-state index is 0.101. The molecule has 0 aromatic heterocycles. The Balaban J connectivity index is 1.30. The largest absolute Gasteiger partial charge is 0.495 e. The van der Waals surface area contributed by atoms with Crippen molar-refractivity contribution in [3.8, 4) is 11.5 Å². The van der Waals surface area contributed by atoms with Gasteiger partial charge in [0.15, 0.2) is 6.61 Å². The summed E-state index contributed by atoms with van der Waals surface area (Å²) in [6.45, 7) is 2.89. The van der Waals surface area contributed by atoms with Gasteiger partial charge in [-0.2, -0.15) is 4.31 Å². The van der Waals surface area contributed by atoms with Gasteiger partial charge in [0.25, 0.3) is 5.91 Å². The van der Waals surface area contributed by atoms with E-state index < -0.39 is 10.0 Å². The second-order valence-electron chi connectivity index (χ2n) is 9.05. The van der Waals surface area contributed by atoms with Crippen molar-refractivity contribution >= 4 is 33.2 Å². The van der Waals surface area contributed by atoms with Crippen molar-refractivity contribution in [2.24, 2.45) is 0 Å². The molecule has 0 N–H and O–H groups in total. The molecule has 2 aromatic carbocycles. The van der Waals surface area contributed by atoms with Crippen LogP contribution in [0.25, 0.3) is 0 Å². The van der Waals surface area contributed by atoms with Crippen molar-refractivity contribution in [1.82, 2.24) is 9.21 Å². The highest BCUT2D eigenvalue weighted by Gasteiger charge is 2.33. The zero-order valence-corrected chi connectivity index (χ0v) is 21.1. The molecule has 3 aliphatic heterocycles. The van der Waals surface area contributed by atoms with E-state index in [0.717, 1.165) is 24.3 Å². The molecule has 192 valence electrons. The van der Waals surface area contributed by atoms with Crippen LogP contribution in [0.5, 0.6) is 11.5 Å². The quantitative estimate of drug-likeness (QED) is 0.577. The van der Waals surface area contributed by atoms with Gasteiger partial charge in [-0.1, -0.05) is 12.1 Å². The van der Waals surface area contributed by atoms with Crippen molar-refractivity contribution in [2.75, 3.05) is 69.3 Å². The van der Waals surface area contributed by atoms with Gasteiger partial charge >= 0.3 is 0 Å². The Morgan fingerprint density at radius 1 is 0.972 bits per heavy atom. The van der Waals surface area contributed by atoms with Crippen molar-refractivity contribution in [1.29, 1.82) is 0 Å². The normalized spacial score (nSPS) is 18.7. The summed E-state index contributed by atoms with van der Waals surface area (Å²) in [5.41, 5.74) is 1.30. The fourth-order valence-corrected chi connectivity index (χ4v) is 6.45. The number of hydrogen-bond acceptors (Lipinski definition) is 7. The summed E-state index contributed by atoms with van der Waals surface area (Å²) in [5, 5.41) is 0. The summed E-state index contributed by atoms with van der Waals surface area (Å²) >= 11 is 0. The molecule has 0 bridgehead atoms. The molecule has 0 saturated carbocycles. The van der Waals surface area contributed by atoms with E-state index in [2.05, 4.69) is 4.90 Å². The Kier molecular flexibility index (Phi) is 6.76. The van der Waals surface area contributed by atoms with Gasteiger partial charge in [-0.05, 0) is 43.2 Å². The maximum atomic E-state index is 13.2. The molecule has 0 aliphatic carbocycles. The monoisotopic (exact) mass is 514 g/mol. The lowest BCUT2D eigenvalue weighted by Crippen LogP contribution is -2.53. The third-order valence-corrected chi connectivity index (χ3v) is 8.82. The zero-order chi connectivity index (χ0) is 25.3. The number of nitrogens with zero attached hydrogens (tertiary/aromatic N) is 4. The lowest BCUT2D eigenvalue weighted by Gasteiger charge is -2.38. The summed E-state index contributed by atoms with van der Waals surface area (Å²) in [6.07, 6.45) is 1.66. The summed E-state index contributed by atoms with van der Waals surface area (Å²) < 4.78 is 38.6. The van der Waals surface area contributed by atoms with Crippen molar-refractivity contribution in [3.05, 3.63) is 42.5 Å². The average Bonchev–Trinajstić information content (AvgIpc) is 3.46. The smallest absolute Gasteiger partial charge is 0.265 e. The Labute approximate surface area is 211 Å². The Bertz CT molecular complexity index is 1250. The van der Waals surface area contributed by atoms with Crippen molar-refractivity contribution in [3.63, 3.8) is 0 Å². The number of carbonyl (C=O) groups excluding carboxylic acids is 2. The number of hydrogen-bond donors (Lipinski definition) is 0. The summed E-state index contributed by atoms with van der Waals surface area (Å²) in [6, 6.07) is 12.3. The Morgan fingerprint density at radius 3 is 2.42 bits per heavy atom. The fourth-order valence-electron chi connectivity index (χ4n) is 4.92. The molecule has 11 heteroatoms. The first-order valence-corrected chi connectivity index (χ1v) is 13.6. The molecule has 0 radical (unpaired) electrons. The van der Waals surface area contributed by atoms with Crippen LogP contribution in [0, 0.1) is 0 Å². The minimum atomic E-state index is -3.67. The van der Waals surface area contributed by atoms with Gasteiger partial charge in [-0.25, -0.2) is 8.42 Å². The first-order chi connectivity index (χ1) is 17.4. The van der Waals surface area contributed by atoms with Crippen molar-refractivity contribution in [2.45, 2.75) is 17.7 Å². The standard InChI is InChI=1S/C25H30N4O6S/c1-34-22-7-3-2-6-20(22)26-12-14-27(15-13-26)24(30)17-29-21-16-19(8-9-23(21)35-18-25(29)31)36(32,33)28-10-4-5-11-28/h2-3,6-9,16H,4-5,10-15,17-18H2,1H3. The van der Waals surface area contributed by atoms with Gasteiger partial charge in [-0.15, -0.1) is 0 Å². The first-order valence-electron chi connectivity index (χ1n) is 12.1. The molecule has 2 saturated heterocycles. The van der Waals surface area contributed by atoms with Gasteiger partial charge in [0, 0.05) is 39.3 Å². The number of ether oxygens (including phenoxy) is 2. The molecule has 2 aromatic rings. The maximum Gasteiger partial charge on any atom is 0.265 e. The van der Waals surface area contributed by atoms with Gasteiger partial charge < -0.3 is 19.3 Å². The molecule has 0 spiro atoms. The van der Waals surface area contributed by atoms with E-state index in [9.17, 15) is 18.0 Å². The first kappa shape index (κ1) is 24.4. The summed E-state index contributed by atoms with van der Waals surface area (Å²) in [7, 11) is -2.04. The van der Waals surface area contributed by atoms with Crippen LogP contribution in [-0.2, 0) is 19.6 Å². The third kappa shape index (κ3) is 4.60. The molecule has 3 aliphatic rings. The number of piperazine rings is 1. The van der Waals surface area contributed by atoms with Crippen LogP contribution in [0.15, 0.2) is 47.4 Å². The van der Waals surface area contributed by atoms with Crippen LogP contribution in [0.2, 0.25) is 0 Å². The van der Waals surface area contributed by atoms with Crippen LogP contribution in [-0.4, -0.2) is 89.0 Å². The summed E-state index contributed by atoms with van der Waals surface area (Å²) in [5.74, 6) is 0.610. The molecule has 36 heavy (non-hydrogen) atoms. The molecule has 0 unspecified atom stereocenters. The summed E-state index contributed by atoms with van der Waals surface area (Å²) in [4.78, 5) is 31.3. The van der Waals surface area contributed by atoms with Crippen LogP contribution in [0.4, 0.5) is 11.4 Å². The van der Waals surface area contributed by atoms with Gasteiger partial charge in [0.05, 0.1) is 23.4 Å². The predicted molar refractivity (Wildman–Crippen MR) is 134 cm³/mol. The molecule has 5 rings (SSSR count). The lowest BCUT2D eigenvalue weighted by molar-refractivity contribution is -0.132. The van der Waals surface area contributed by atoms with Crippen LogP contribution >= 0.6 is 0 Å². The van der Waals surface area contributed by atoms with Gasteiger partial charge in [0.1, 0.15) is 18.0 Å². The molecule has 2 amide bonds. The Morgan fingerprint density at radius 2 is 1.69 bits per heavy atom. The maximum absolute atomic E-state index is 13.2. The number of sulfonamides is 1. The lowest BCUT2D eigenvalue weighted by atomic mass is 10.2. The number of methoxy groups -OCH3 is 1.